The molecule has 0 amide bonds. The quantitative estimate of drug-likeness (QED) is 0.493. The maximum atomic E-state index is 12.8. The molecule has 0 N–H and O–H groups in total. The number of aromatic nitrogens is 3. The zero-order valence-corrected chi connectivity index (χ0v) is 16.7. The van der Waals surface area contributed by atoms with Crippen molar-refractivity contribution in [2.75, 3.05) is 6.61 Å². The van der Waals surface area contributed by atoms with Crippen LogP contribution in [0, 0.1) is 0 Å². The minimum atomic E-state index is -0.404. The second-order valence-electron chi connectivity index (χ2n) is 6.55. The van der Waals surface area contributed by atoms with Crippen LogP contribution in [-0.4, -0.2) is 21.2 Å². The van der Waals surface area contributed by atoms with Gasteiger partial charge in [0.2, 0.25) is 4.96 Å². The largest absolute Gasteiger partial charge is 0.494 e. The van der Waals surface area contributed by atoms with Crippen molar-refractivity contribution >= 4 is 22.4 Å². The molecule has 146 valence electrons. The molecule has 2 heterocycles. The Hall–Kier alpha value is -3.32. The van der Waals surface area contributed by atoms with Crippen molar-refractivity contribution in [2.24, 2.45) is 0 Å². The van der Waals surface area contributed by atoms with E-state index in [0.717, 1.165) is 34.6 Å². The lowest BCUT2D eigenvalue weighted by Crippen LogP contribution is -2.28. The first-order valence-corrected chi connectivity index (χ1v) is 10.2. The first-order valence-electron chi connectivity index (χ1n) is 9.35. The number of thiazole rings is 1. The molecule has 0 saturated carbocycles. The normalized spacial score (nSPS) is 11.8. The minimum absolute atomic E-state index is 0.257. The monoisotopic (exact) mass is 405 g/mol. The second kappa shape index (κ2) is 8.36. The molecule has 29 heavy (non-hydrogen) atoms. The van der Waals surface area contributed by atoms with Crippen molar-refractivity contribution in [2.45, 2.75) is 19.8 Å². The van der Waals surface area contributed by atoms with Gasteiger partial charge in [-0.15, -0.1) is 0 Å². The van der Waals surface area contributed by atoms with Crippen LogP contribution in [-0.2, 0) is 6.42 Å². The highest BCUT2D eigenvalue weighted by Gasteiger charge is 2.11. The Morgan fingerprint density at radius 3 is 2.55 bits per heavy atom. The number of hydrogen-bond donors (Lipinski definition) is 0. The summed E-state index contributed by atoms with van der Waals surface area (Å²) in [5.74, 6) is 0.793. The number of fused-ring (bicyclic) bond motifs is 1. The number of benzene rings is 2. The maximum Gasteiger partial charge on any atom is 0.296 e. The third-order valence-electron chi connectivity index (χ3n) is 4.32. The van der Waals surface area contributed by atoms with Gasteiger partial charge in [0, 0.05) is 6.42 Å². The van der Waals surface area contributed by atoms with Gasteiger partial charge >= 0.3 is 0 Å². The third-order valence-corrected chi connectivity index (χ3v) is 5.27. The van der Waals surface area contributed by atoms with Gasteiger partial charge in [-0.1, -0.05) is 60.7 Å². The van der Waals surface area contributed by atoms with E-state index >= 15 is 0 Å². The maximum absolute atomic E-state index is 12.8. The van der Waals surface area contributed by atoms with E-state index in [-0.39, 0.29) is 11.3 Å². The van der Waals surface area contributed by atoms with Crippen LogP contribution in [0.2, 0.25) is 0 Å². The molecule has 0 aliphatic rings. The van der Waals surface area contributed by atoms with Gasteiger partial charge < -0.3 is 4.74 Å². The zero-order valence-electron chi connectivity index (χ0n) is 15.9. The molecular formula is C22H19N3O3S. The first-order chi connectivity index (χ1) is 14.1. The molecule has 4 rings (SSSR count). The summed E-state index contributed by atoms with van der Waals surface area (Å²) >= 11 is 1.16. The van der Waals surface area contributed by atoms with E-state index in [0.29, 0.717) is 22.5 Å². The van der Waals surface area contributed by atoms with Gasteiger partial charge in [0.05, 0.1) is 11.1 Å². The van der Waals surface area contributed by atoms with Crippen LogP contribution < -0.4 is 20.4 Å². The molecule has 7 heteroatoms. The van der Waals surface area contributed by atoms with Crippen molar-refractivity contribution < 1.29 is 4.74 Å². The molecule has 0 spiro atoms. The fourth-order valence-electron chi connectivity index (χ4n) is 2.87. The van der Waals surface area contributed by atoms with Crippen LogP contribution in [0.15, 0.2) is 64.2 Å². The molecule has 0 saturated heterocycles. The molecule has 0 aliphatic heterocycles. The average molecular weight is 405 g/mol. The van der Waals surface area contributed by atoms with Gasteiger partial charge in [-0.05, 0) is 35.8 Å². The van der Waals surface area contributed by atoms with E-state index in [1.807, 2.05) is 54.6 Å². The summed E-state index contributed by atoms with van der Waals surface area (Å²) in [4.78, 5) is 29.5. The number of rotatable bonds is 6. The molecule has 0 radical (unpaired) electrons. The molecule has 0 fully saturated rings. The lowest BCUT2D eigenvalue weighted by molar-refractivity contribution is 0.317. The van der Waals surface area contributed by atoms with E-state index in [1.54, 1.807) is 6.08 Å². The molecule has 2 aromatic heterocycles. The summed E-state index contributed by atoms with van der Waals surface area (Å²) in [5, 5.41) is 4.28. The van der Waals surface area contributed by atoms with Gasteiger partial charge in [0.1, 0.15) is 11.4 Å². The molecular weight excluding hydrogens is 386 g/mol. The average Bonchev–Trinajstić information content (AvgIpc) is 3.03. The molecule has 0 atom stereocenters. The Balaban J connectivity index is 1.69. The van der Waals surface area contributed by atoms with Crippen molar-refractivity contribution in [3.63, 3.8) is 0 Å². The smallest absolute Gasteiger partial charge is 0.296 e. The van der Waals surface area contributed by atoms with Gasteiger partial charge in [0.15, 0.2) is 0 Å². The predicted octanol–water partition coefficient (Wildman–Crippen LogP) is 2.44. The van der Waals surface area contributed by atoms with Crippen LogP contribution in [0.4, 0.5) is 0 Å². The summed E-state index contributed by atoms with van der Waals surface area (Å²) < 4.78 is 7.27. The molecule has 0 aliphatic carbocycles. The molecule has 2 aromatic carbocycles. The molecule has 0 bridgehead atoms. The second-order valence-corrected chi connectivity index (χ2v) is 7.56. The van der Waals surface area contributed by atoms with Crippen molar-refractivity contribution in [1.29, 1.82) is 0 Å². The summed E-state index contributed by atoms with van der Waals surface area (Å²) in [6.07, 6.45) is 3.05. The highest BCUT2D eigenvalue weighted by Crippen LogP contribution is 2.13. The van der Waals surface area contributed by atoms with Crippen LogP contribution >= 0.6 is 11.3 Å². The summed E-state index contributed by atoms with van der Waals surface area (Å²) in [6.45, 7) is 2.72. The zero-order chi connectivity index (χ0) is 20.2. The van der Waals surface area contributed by atoms with Crippen molar-refractivity contribution in [3.05, 3.63) is 96.7 Å². The minimum Gasteiger partial charge on any atom is -0.494 e. The summed E-state index contributed by atoms with van der Waals surface area (Å²) in [7, 11) is 0. The first kappa shape index (κ1) is 19.0. The molecule has 0 unspecified atom stereocenters. The van der Waals surface area contributed by atoms with Gasteiger partial charge in [0.25, 0.3) is 11.1 Å². The lowest BCUT2D eigenvalue weighted by atomic mass is 10.1. The Morgan fingerprint density at radius 2 is 1.83 bits per heavy atom. The van der Waals surface area contributed by atoms with E-state index in [4.69, 9.17) is 4.74 Å². The number of nitrogens with zero attached hydrogens (tertiary/aromatic N) is 3. The van der Waals surface area contributed by atoms with E-state index in [1.165, 1.54) is 4.52 Å². The third kappa shape index (κ3) is 4.25. The standard InChI is InChI=1S/C22H19N3O3S/c1-2-12-28-17-10-8-16(9-11-17)14-19-21(27)25-22(29-19)23-20(26)18(24-25)13-15-6-4-3-5-7-15/h3-11,14H,2,12-13H2,1H3. The number of hydrogen-bond acceptors (Lipinski definition) is 6. The van der Waals surface area contributed by atoms with Gasteiger partial charge in [-0.3, -0.25) is 9.59 Å². The van der Waals surface area contributed by atoms with Crippen LogP contribution in [0.5, 0.6) is 5.75 Å². The van der Waals surface area contributed by atoms with Crippen molar-refractivity contribution in [1.82, 2.24) is 14.6 Å². The van der Waals surface area contributed by atoms with Crippen LogP contribution in [0.25, 0.3) is 11.0 Å². The topological polar surface area (TPSA) is 73.6 Å². The van der Waals surface area contributed by atoms with E-state index in [2.05, 4.69) is 17.0 Å². The SMILES string of the molecule is CCCOc1ccc(C=c2sc3nc(=O)c(Cc4ccccc4)nn3c2=O)cc1. The van der Waals surface area contributed by atoms with Crippen LogP contribution in [0.1, 0.15) is 30.2 Å². The highest BCUT2D eigenvalue weighted by molar-refractivity contribution is 7.15. The molecule has 6 nitrogen and oxygen atoms in total. The lowest BCUT2D eigenvalue weighted by Gasteiger charge is -2.03. The fourth-order valence-corrected chi connectivity index (χ4v) is 3.78. The fraction of sp³-hybridized carbons (Fsp3) is 0.182. The number of ether oxygens (including phenoxy) is 1. The van der Waals surface area contributed by atoms with E-state index in [9.17, 15) is 9.59 Å². The summed E-state index contributed by atoms with van der Waals surface area (Å²) in [5.41, 5.74) is 1.38. The van der Waals surface area contributed by atoms with Crippen molar-refractivity contribution in [3.8, 4) is 5.75 Å². The highest BCUT2D eigenvalue weighted by atomic mass is 32.1. The Morgan fingerprint density at radius 1 is 1.07 bits per heavy atom. The van der Waals surface area contributed by atoms with Gasteiger partial charge in [-0.2, -0.15) is 14.6 Å². The van der Waals surface area contributed by atoms with E-state index < -0.39 is 5.56 Å². The van der Waals surface area contributed by atoms with Crippen LogP contribution in [0.3, 0.4) is 0 Å². The summed E-state index contributed by atoms with van der Waals surface area (Å²) in [6, 6.07) is 17.0. The Labute approximate surface area is 170 Å². The van der Waals surface area contributed by atoms with Gasteiger partial charge in [-0.25, -0.2) is 0 Å². The Kier molecular flexibility index (Phi) is 5.48. The Bertz CT molecular complexity index is 1300. The predicted molar refractivity (Wildman–Crippen MR) is 114 cm³/mol. The molecule has 4 aromatic rings.